The van der Waals surface area contributed by atoms with Gasteiger partial charge < -0.3 is 9.47 Å². The first-order valence-corrected chi connectivity index (χ1v) is 7.52. The fourth-order valence-electron chi connectivity index (χ4n) is 1.78. The lowest BCUT2D eigenvalue weighted by molar-refractivity contribution is 0.109. The van der Waals surface area contributed by atoms with Gasteiger partial charge in [0.2, 0.25) is 10.6 Å². The molecule has 0 fully saturated rings. The molecule has 0 saturated heterocycles. The number of aromatic nitrogens is 2. The highest BCUT2D eigenvalue weighted by Gasteiger charge is 2.16. The summed E-state index contributed by atoms with van der Waals surface area (Å²) < 4.78 is 12.5. The maximum absolute atomic E-state index is 11.7. The molecule has 0 unspecified atom stereocenters. The lowest BCUT2D eigenvalue weighted by Gasteiger charge is -2.16. The fourth-order valence-corrected chi connectivity index (χ4v) is 2.31. The number of benzene rings is 1. The first-order valence-electron chi connectivity index (χ1n) is 6.33. The number of carbonyl (C=O) groups excluding carboxylic acids is 1. The Morgan fingerprint density at radius 1 is 1.43 bits per heavy atom. The zero-order valence-electron chi connectivity index (χ0n) is 11.6. The summed E-state index contributed by atoms with van der Waals surface area (Å²) in [5.74, 6) is 1.05. The van der Waals surface area contributed by atoms with Crippen molar-refractivity contribution in [2.75, 3.05) is 0 Å². The summed E-state index contributed by atoms with van der Waals surface area (Å²) in [6, 6.07) is 7.00. The van der Waals surface area contributed by atoms with Crippen molar-refractivity contribution in [2.24, 2.45) is 0 Å². The number of nitrogens with zero attached hydrogens (tertiary/aromatic N) is 2. The topological polar surface area (TPSA) is 53.4 Å². The van der Waals surface area contributed by atoms with E-state index in [1.165, 1.54) is 4.09 Å². The fraction of sp³-hybridized carbons (Fsp3) is 0.286. The Kier molecular flexibility index (Phi) is 5.30. The monoisotopic (exact) mass is 370 g/mol. The molecule has 0 N–H and O–H groups in total. The maximum atomic E-state index is 11.7. The van der Waals surface area contributed by atoms with E-state index in [-0.39, 0.29) is 17.4 Å². The van der Waals surface area contributed by atoms with E-state index in [0.29, 0.717) is 22.8 Å². The lowest BCUT2D eigenvalue weighted by Crippen LogP contribution is -2.11. The van der Waals surface area contributed by atoms with E-state index in [2.05, 4.69) is 33.8 Å². The molecule has 21 heavy (non-hydrogen) atoms. The van der Waals surface area contributed by atoms with Crippen LogP contribution in [0.4, 0.5) is 0 Å². The quantitative estimate of drug-likeness (QED) is 0.624. The largest absolute Gasteiger partial charge is 0.491 e. The maximum Gasteiger partial charge on any atom is 0.234 e. The van der Waals surface area contributed by atoms with E-state index in [1.54, 1.807) is 24.4 Å². The van der Waals surface area contributed by atoms with Crippen LogP contribution in [0.3, 0.4) is 0 Å². The molecule has 1 aromatic carbocycles. The molecule has 7 heteroatoms. The normalized spacial score (nSPS) is 10.7. The van der Waals surface area contributed by atoms with Gasteiger partial charge in [-0.25, -0.2) is 4.09 Å². The molecule has 0 aliphatic heterocycles. The second-order valence-corrected chi connectivity index (χ2v) is 5.72. The molecule has 0 aliphatic carbocycles. The highest BCUT2D eigenvalue weighted by molar-refractivity contribution is 9.18. The smallest absolute Gasteiger partial charge is 0.234 e. The highest BCUT2D eigenvalue weighted by Crippen LogP contribution is 2.26. The summed E-state index contributed by atoms with van der Waals surface area (Å²) in [5, 5.41) is 4.01. The van der Waals surface area contributed by atoms with E-state index >= 15 is 0 Å². The van der Waals surface area contributed by atoms with Crippen molar-refractivity contribution in [2.45, 2.75) is 26.6 Å². The van der Waals surface area contributed by atoms with Crippen molar-refractivity contribution in [3.05, 3.63) is 41.6 Å². The molecule has 0 amide bonds. The van der Waals surface area contributed by atoms with E-state index in [9.17, 15) is 4.79 Å². The van der Waals surface area contributed by atoms with Crippen LogP contribution in [0.2, 0.25) is 0 Å². The molecule has 5 nitrogen and oxygen atoms in total. The van der Waals surface area contributed by atoms with Crippen molar-refractivity contribution in [1.82, 2.24) is 9.19 Å². The number of hydrogen-bond acceptors (Lipinski definition) is 5. The third-order valence-electron chi connectivity index (χ3n) is 2.62. The molecule has 0 atom stereocenters. The summed E-state index contributed by atoms with van der Waals surface area (Å²) >= 11 is 7.03. The van der Waals surface area contributed by atoms with E-state index in [1.807, 2.05) is 19.9 Å². The predicted molar refractivity (Wildman–Crippen MR) is 86.4 cm³/mol. The highest BCUT2D eigenvalue weighted by atomic mass is 79.9. The number of ether oxygens (including phenoxy) is 2. The first-order chi connectivity index (χ1) is 9.97. The Hall–Kier alpha value is -1.47. The number of rotatable bonds is 6. The van der Waals surface area contributed by atoms with Crippen molar-refractivity contribution in [1.29, 1.82) is 0 Å². The molecule has 0 spiro atoms. The van der Waals surface area contributed by atoms with Gasteiger partial charge in [0.05, 0.1) is 6.10 Å². The molecule has 0 radical (unpaired) electrons. The van der Waals surface area contributed by atoms with Crippen molar-refractivity contribution in [3.8, 4) is 11.6 Å². The number of halogens is 1. The van der Waals surface area contributed by atoms with Crippen LogP contribution >= 0.6 is 28.7 Å². The van der Waals surface area contributed by atoms with Gasteiger partial charge in [0.25, 0.3) is 0 Å². The Morgan fingerprint density at radius 2 is 2.19 bits per heavy atom. The summed E-state index contributed by atoms with van der Waals surface area (Å²) in [4.78, 5) is 11.7. The molecule has 2 rings (SSSR count). The molecular formula is C14H15BrN2O3S. The van der Waals surface area contributed by atoms with Crippen LogP contribution < -0.4 is 9.47 Å². The van der Waals surface area contributed by atoms with Gasteiger partial charge in [-0.1, -0.05) is 6.07 Å². The van der Waals surface area contributed by atoms with E-state index in [0.717, 1.165) is 0 Å². The number of thiol groups is 1. The van der Waals surface area contributed by atoms with Gasteiger partial charge in [0, 0.05) is 23.4 Å². The molecule has 0 aliphatic rings. The minimum atomic E-state index is -0.213. The molecule has 0 saturated carbocycles. The SMILES string of the molecule is CC(C)Oc1cccc(C(=O)Br)c1COc1ccn(S)n1. The summed E-state index contributed by atoms with van der Waals surface area (Å²) in [5.41, 5.74) is 1.19. The summed E-state index contributed by atoms with van der Waals surface area (Å²) in [7, 11) is 0. The summed E-state index contributed by atoms with van der Waals surface area (Å²) in [6.45, 7) is 4.03. The molecule has 0 bridgehead atoms. The van der Waals surface area contributed by atoms with Crippen LogP contribution in [0.5, 0.6) is 11.6 Å². The third-order valence-corrected chi connectivity index (χ3v) is 3.27. The minimum absolute atomic E-state index is 0.000998. The molecule has 112 valence electrons. The van der Waals surface area contributed by atoms with Gasteiger partial charge in [0.15, 0.2) is 0 Å². The number of carbonyl (C=O) groups is 1. The average Bonchev–Trinajstić information content (AvgIpc) is 2.82. The Labute approximate surface area is 136 Å². The van der Waals surface area contributed by atoms with Crippen LogP contribution in [0.1, 0.15) is 29.8 Å². The zero-order chi connectivity index (χ0) is 15.4. The minimum Gasteiger partial charge on any atom is -0.491 e. The van der Waals surface area contributed by atoms with E-state index < -0.39 is 0 Å². The van der Waals surface area contributed by atoms with Crippen LogP contribution in [0.25, 0.3) is 0 Å². The molecular weight excluding hydrogens is 356 g/mol. The predicted octanol–water partition coefficient (Wildman–Crippen LogP) is 3.48. The van der Waals surface area contributed by atoms with Gasteiger partial charge in [-0.2, -0.15) is 0 Å². The van der Waals surface area contributed by atoms with Gasteiger partial charge in [-0.3, -0.25) is 4.79 Å². The van der Waals surface area contributed by atoms with E-state index in [4.69, 9.17) is 9.47 Å². The summed E-state index contributed by atoms with van der Waals surface area (Å²) in [6.07, 6.45) is 1.66. The average molecular weight is 371 g/mol. The van der Waals surface area contributed by atoms with Crippen LogP contribution in [-0.2, 0) is 6.61 Å². The molecule has 1 aromatic heterocycles. The molecule has 1 heterocycles. The van der Waals surface area contributed by atoms with Crippen LogP contribution in [-0.4, -0.2) is 20.0 Å². The van der Waals surface area contributed by atoms with Crippen LogP contribution in [0, 0.1) is 0 Å². The van der Waals surface area contributed by atoms with Gasteiger partial charge in [0.1, 0.15) is 12.4 Å². The van der Waals surface area contributed by atoms with Gasteiger partial charge in [-0.05, 0) is 54.7 Å². The van der Waals surface area contributed by atoms with Crippen LogP contribution in [0.15, 0.2) is 30.5 Å². The standard InChI is InChI=1S/C14H15BrN2O3S/c1-9(2)20-12-5-3-4-10(14(15)18)11(12)8-19-13-6-7-17(21)16-13/h3-7,9,21H,8H2,1-2H3. The van der Waals surface area contributed by atoms with Gasteiger partial charge >= 0.3 is 0 Å². The first kappa shape index (κ1) is 15.9. The Bertz CT molecular complexity index is 643. The van der Waals surface area contributed by atoms with Gasteiger partial charge in [-0.15, -0.1) is 5.10 Å². The Morgan fingerprint density at radius 3 is 2.76 bits per heavy atom. The van der Waals surface area contributed by atoms with Crippen molar-refractivity contribution in [3.63, 3.8) is 0 Å². The number of hydrogen-bond donors (Lipinski definition) is 1. The molecule has 2 aromatic rings. The zero-order valence-corrected chi connectivity index (χ0v) is 14.1. The van der Waals surface area contributed by atoms with Crippen molar-refractivity contribution >= 4 is 33.4 Å². The second-order valence-electron chi connectivity index (χ2n) is 4.59. The second kappa shape index (κ2) is 7.00. The lowest BCUT2D eigenvalue weighted by atomic mass is 10.1. The Balaban J connectivity index is 2.27. The van der Waals surface area contributed by atoms with Crippen molar-refractivity contribution < 1.29 is 14.3 Å². The third kappa shape index (κ3) is 4.25.